The quantitative estimate of drug-likeness (QED) is 0.809. The van der Waals surface area contributed by atoms with Gasteiger partial charge in [-0.2, -0.15) is 0 Å². The van der Waals surface area contributed by atoms with Gasteiger partial charge in [-0.15, -0.1) is 0 Å². The van der Waals surface area contributed by atoms with Crippen molar-refractivity contribution in [2.24, 2.45) is 0 Å². The van der Waals surface area contributed by atoms with E-state index >= 15 is 0 Å². The van der Waals surface area contributed by atoms with Crippen LogP contribution in [0.1, 0.15) is 5.69 Å². The molecule has 1 aliphatic heterocycles. The zero-order valence-corrected chi connectivity index (χ0v) is 8.97. The molecule has 1 saturated heterocycles. The van der Waals surface area contributed by atoms with E-state index < -0.39 is 0 Å². The number of thiazole rings is 1. The van der Waals surface area contributed by atoms with E-state index in [9.17, 15) is 0 Å². The summed E-state index contributed by atoms with van der Waals surface area (Å²) in [6, 6.07) is 0. The Labute approximate surface area is 87.3 Å². The van der Waals surface area contributed by atoms with Gasteiger partial charge in [0, 0.05) is 18.5 Å². The molecule has 0 amide bonds. The highest BCUT2D eigenvalue weighted by molar-refractivity contribution is 7.11. The van der Waals surface area contributed by atoms with Crippen LogP contribution in [-0.4, -0.2) is 37.4 Å². The summed E-state index contributed by atoms with van der Waals surface area (Å²) < 4.78 is 11.0. The molecule has 2 heterocycles. The maximum atomic E-state index is 5.51. The average molecular weight is 214 g/mol. The van der Waals surface area contributed by atoms with Gasteiger partial charge in [0.25, 0.3) is 5.19 Å². The normalized spacial score (nSPS) is 22.2. The van der Waals surface area contributed by atoms with Crippen LogP contribution in [0.5, 0.6) is 5.19 Å². The van der Waals surface area contributed by atoms with Crippen molar-refractivity contribution in [2.45, 2.75) is 13.0 Å². The minimum absolute atomic E-state index is 0.160. The number of nitrogens with zero attached hydrogens (tertiary/aromatic N) is 1. The number of hydrogen-bond acceptors (Lipinski definition) is 5. The Morgan fingerprint density at radius 3 is 3.36 bits per heavy atom. The standard InChI is InChI=1S/C9H14N2O2S/c1-7-6-14-9(11-7)13-5-8-4-10-2-3-12-8/h6,8,10H,2-5H2,1H3. The summed E-state index contributed by atoms with van der Waals surface area (Å²) in [6.45, 7) is 5.12. The Morgan fingerprint density at radius 2 is 2.71 bits per heavy atom. The summed E-state index contributed by atoms with van der Waals surface area (Å²) in [5.74, 6) is 0. The van der Waals surface area contributed by atoms with Crippen LogP contribution in [0.3, 0.4) is 0 Å². The summed E-state index contributed by atoms with van der Waals surface area (Å²) in [6.07, 6.45) is 0.160. The first-order valence-corrected chi connectivity index (χ1v) is 5.60. The van der Waals surface area contributed by atoms with Crippen molar-refractivity contribution >= 4 is 11.3 Å². The molecule has 1 aromatic rings. The molecule has 1 unspecified atom stereocenters. The van der Waals surface area contributed by atoms with Crippen molar-refractivity contribution < 1.29 is 9.47 Å². The first-order chi connectivity index (χ1) is 6.84. The van der Waals surface area contributed by atoms with Crippen LogP contribution >= 0.6 is 11.3 Å². The third-order valence-electron chi connectivity index (χ3n) is 2.00. The summed E-state index contributed by atoms with van der Waals surface area (Å²) in [4.78, 5) is 4.22. The van der Waals surface area contributed by atoms with E-state index in [-0.39, 0.29) is 6.10 Å². The zero-order valence-electron chi connectivity index (χ0n) is 8.16. The van der Waals surface area contributed by atoms with Gasteiger partial charge in [-0.05, 0) is 6.92 Å². The van der Waals surface area contributed by atoms with Crippen LogP contribution in [0.4, 0.5) is 0 Å². The molecular formula is C9H14N2O2S. The van der Waals surface area contributed by atoms with Crippen molar-refractivity contribution in [2.75, 3.05) is 26.3 Å². The van der Waals surface area contributed by atoms with E-state index in [2.05, 4.69) is 10.3 Å². The molecule has 0 radical (unpaired) electrons. The molecule has 1 aromatic heterocycles. The third-order valence-corrected chi connectivity index (χ3v) is 2.86. The van der Waals surface area contributed by atoms with Gasteiger partial charge < -0.3 is 14.8 Å². The van der Waals surface area contributed by atoms with E-state index in [0.29, 0.717) is 6.61 Å². The van der Waals surface area contributed by atoms with Gasteiger partial charge in [-0.3, -0.25) is 0 Å². The van der Waals surface area contributed by atoms with E-state index in [1.54, 1.807) is 0 Å². The molecule has 14 heavy (non-hydrogen) atoms. The SMILES string of the molecule is Cc1csc(OCC2CNCCO2)n1. The van der Waals surface area contributed by atoms with Gasteiger partial charge in [0.1, 0.15) is 12.7 Å². The first kappa shape index (κ1) is 9.89. The van der Waals surface area contributed by atoms with Crippen LogP contribution in [0.25, 0.3) is 0 Å². The molecule has 0 aromatic carbocycles. The first-order valence-electron chi connectivity index (χ1n) is 4.72. The van der Waals surface area contributed by atoms with Crippen LogP contribution < -0.4 is 10.1 Å². The predicted molar refractivity (Wildman–Crippen MR) is 55.0 cm³/mol. The fourth-order valence-corrected chi connectivity index (χ4v) is 1.95. The third kappa shape index (κ3) is 2.67. The van der Waals surface area contributed by atoms with Crippen molar-refractivity contribution in [3.8, 4) is 5.19 Å². The fourth-order valence-electron chi connectivity index (χ4n) is 1.29. The summed E-state index contributed by atoms with van der Waals surface area (Å²) in [5.41, 5.74) is 1.01. The fraction of sp³-hybridized carbons (Fsp3) is 0.667. The number of nitrogens with one attached hydrogen (secondary N) is 1. The minimum Gasteiger partial charge on any atom is -0.467 e. The average Bonchev–Trinajstić information content (AvgIpc) is 2.63. The second-order valence-corrected chi connectivity index (χ2v) is 4.08. The predicted octanol–water partition coefficient (Wildman–Crippen LogP) is 0.819. The molecule has 0 saturated carbocycles. The van der Waals surface area contributed by atoms with E-state index in [0.717, 1.165) is 30.6 Å². The second-order valence-electron chi connectivity index (χ2n) is 3.26. The number of aromatic nitrogens is 1. The minimum atomic E-state index is 0.160. The maximum Gasteiger partial charge on any atom is 0.273 e. The smallest absolute Gasteiger partial charge is 0.273 e. The van der Waals surface area contributed by atoms with Gasteiger partial charge >= 0.3 is 0 Å². The second kappa shape index (κ2) is 4.72. The summed E-state index contributed by atoms with van der Waals surface area (Å²) in [7, 11) is 0. The van der Waals surface area contributed by atoms with E-state index in [1.165, 1.54) is 11.3 Å². The van der Waals surface area contributed by atoms with Gasteiger partial charge in [-0.25, -0.2) is 4.98 Å². The zero-order chi connectivity index (χ0) is 9.80. The lowest BCUT2D eigenvalue weighted by molar-refractivity contribution is 0.000134. The lowest BCUT2D eigenvalue weighted by atomic mass is 10.3. The molecule has 1 fully saturated rings. The van der Waals surface area contributed by atoms with Crippen LogP contribution in [0.15, 0.2) is 5.38 Å². The summed E-state index contributed by atoms with van der Waals surface area (Å²) >= 11 is 1.53. The monoisotopic (exact) mass is 214 g/mol. The highest BCUT2D eigenvalue weighted by Gasteiger charge is 2.14. The van der Waals surface area contributed by atoms with E-state index in [1.807, 2.05) is 12.3 Å². The van der Waals surface area contributed by atoms with Crippen LogP contribution in [0, 0.1) is 6.92 Å². The van der Waals surface area contributed by atoms with Crippen molar-refractivity contribution in [3.63, 3.8) is 0 Å². The van der Waals surface area contributed by atoms with Crippen LogP contribution in [-0.2, 0) is 4.74 Å². The molecule has 1 N–H and O–H groups in total. The van der Waals surface area contributed by atoms with Crippen molar-refractivity contribution in [1.29, 1.82) is 0 Å². The van der Waals surface area contributed by atoms with Crippen LogP contribution in [0.2, 0.25) is 0 Å². The number of ether oxygens (including phenoxy) is 2. The van der Waals surface area contributed by atoms with Crippen molar-refractivity contribution in [1.82, 2.24) is 10.3 Å². The highest BCUT2D eigenvalue weighted by Crippen LogP contribution is 2.17. The number of hydrogen-bond donors (Lipinski definition) is 1. The Morgan fingerprint density at radius 1 is 1.79 bits per heavy atom. The Bertz CT molecular complexity index is 284. The lowest BCUT2D eigenvalue weighted by Gasteiger charge is -2.22. The van der Waals surface area contributed by atoms with Gasteiger partial charge in [0.2, 0.25) is 0 Å². The van der Waals surface area contributed by atoms with Gasteiger partial charge in [0.05, 0.1) is 12.3 Å². The van der Waals surface area contributed by atoms with Gasteiger partial charge in [0.15, 0.2) is 0 Å². The molecule has 1 atom stereocenters. The molecule has 2 rings (SSSR count). The Kier molecular flexibility index (Phi) is 3.34. The topological polar surface area (TPSA) is 43.4 Å². The Balaban J connectivity index is 1.76. The summed E-state index contributed by atoms with van der Waals surface area (Å²) in [5, 5.41) is 5.97. The molecule has 0 aliphatic carbocycles. The highest BCUT2D eigenvalue weighted by atomic mass is 32.1. The molecule has 1 aliphatic rings. The molecule has 78 valence electrons. The molecule has 4 nitrogen and oxygen atoms in total. The molecule has 0 bridgehead atoms. The van der Waals surface area contributed by atoms with E-state index in [4.69, 9.17) is 9.47 Å². The number of rotatable bonds is 3. The molecule has 0 spiro atoms. The lowest BCUT2D eigenvalue weighted by Crippen LogP contribution is -2.41. The largest absolute Gasteiger partial charge is 0.467 e. The molecule has 5 heteroatoms. The molecular weight excluding hydrogens is 200 g/mol. The van der Waals surface area contributed by atoms with Gasteiger partial charge in [-0.1, -0.05) is 11.3 Å². The van der Waals surface area contributed by atoms with Crippen molar-refractivity contribution in [3.05, 3.63) is 11.1 Å². The Hall–Kier alpha value is -0.650. The number of aryl methyl sites for hydroxylation is 1. The number of morpholine rings is 1. The maximum absolute atomic E-state index is 5.51.